The van der Waals surface area contributed by atoms with Gasteiger partial charge in [0.15, 0.2) is 0 Å². The van der Waals surface area contributed by atoms with Crippen molar-refractivity contribution >= 4 is 11.9 Å². The predicted molar refractivity (Wildman–Crippen MR) is 72.9 cm³/mol. The number of aliphatic carboxylic acids is 1. The molecule has 3 heterocycles. The van der Waals surface area contributed by atoms with E-state index in [2.05, 4.69) is 0 Å². The lowest BCUT2D eigenvalue weighted by Gasteiger charge is -2.38. The zero-order valence-corrected chi connectivity index (χ0v) is 11.5. The lowest BCUT2D eigenvalue weighted by atomic mass is 9.88. The van der Waals surface area contributed by atoms with Crippen LogP contribution in [0.3, 0.4) is 0 Å². The van der Waals surface area contributed by atoms with Gasteiger partial charge in [-0.25, -0.2) is 4.79 Å². The van der Waals surface area contributed by atoms with Crippen molar-refractivity contribution in [3.8, 4) is 0 Å². The third-order valence-corrected chi connectivity index (χ3v) is 4.48. The van der Waals surface area contributed by atoms with Gasteiger partial charge in [0.2, 0.25) is 0 Å². The van der Waals surface area contributed by atoms with Gasteiger partial charge in [-0.3, -0.25) is 9.59 Å². The van der Waals surface area contributed by atoms with E-state index < -0.39 is 11.6 Å². The molecule has 2 atom stereocenters. The summed E-state index contributed by atoms with van der Waals surface area (Å²) < 4.78 is 4.75. The summed E-state index contributed by atoms with van der Waals surface area (Å²) in [6.45, 7) is 0. The van der Waals surface area contributed by atoms with E-state index in [-0.39, 0.29) is 30.3 Å². The molecule has 2 aliphatic heterocycles. The highest BCUT2D eigenvalue weighted by molar-refractivity contribution is 5.94. The molecule has 6 heteroatoms. The molecule has 0 aliphatic carbocycles. The molecule has 1 aromatic rings. The molecule has 0 radical (unpaired) electrons. The van der Waals surface area contributed by atoms with Crippen molar-refractivity contribution in [2.75, 3.05) is 0 Å². The lowest BCUT2D eigenvalue weighted by Crippen LogP contribution is -2.46. The summed E-state index contributed by atoms with van der Waals surface area (Å²) in [6.07, 6.45) is 4.70. The van der Waals surface area contributed by atoms with Gasteiger partial charge in [0, 0.05) is 24.6 Å². The topological polar surface area (TPSA) is 87.8 Å². The van der Waals surface area contributed by atoms with Gasteiger partial charge in [-0.15, -0.1) is 0 Å². The summed E-state index contributed by atoms with van der Waals surface area (Å²) in [5, 5.41) is 8.92. The summed E-state index contributed by atoms with van der Waals surface area (Å²) in [4.78, 5) is 36.2. The zero-order chi connectivity index (χ0) is 15.0. The summed E-state index contributed by atoms with van der Waals surface area (Å²) in [7, 11) is 0. The van der Waals surface area contributed by atoms with E-state index in [4.69, 9.17) is 9.52 Å². The number of nitrogens with zero attached hydrogens (tertiary/aromatic N) is 1. The van der Waals surface area contributed by atoms with E-state index in [0.29, 0.717) is 5.56 Å². The molecule has 6 nitrogen and oxygen atoms in total. The Hall–Kier alpha value is -2.11. The molecule has 0 saturated carbocycles. The number of carbonyl (C=O) groups excluding carboxylic acids is 1. The molecular weight excluding hydrogens is 274 g/mol. The van der Waals surface area contributed by atoms with Gasteiger partial charge in [-0.2, -0.15) is 0 Å². The Morgan fingerprint density at radius 1 is 1.24 bits per heavy atom. The first-order valence-electron chi connectivity index (χ1n) is 7.18. The molecule has 21 heavy (non-hydrogen) atoms. The fourth-order valence-electron chi connectivity index (χ4n) is 3.66. The molecule has 3 rings (SSSR count). The van der Waals surface area contributed by atoms with Crippen molar-refractivity contribution in [2.45, 2.75) is 44.2 Å². The van der Waals surface area contributed by atoms with Crippen LogP contribution in [-0.2, 0) is 4.79 Å². The average Bonchev–Trinajstić information content (AvgIpc) is 2.70. The Labute approximate surface area is 121 Å². The third-order valence-electron chi connectivity index (χ3n) is 4.48. The molecule has 112 valence electrons. The highest BCUT2D eigenvalue weighted by atomic mass is 16.4. The number of fused-ring (bicyclic) bond motifs is 2. The van der Waals surface area contributed by atoms with Gasteiger partial charge in [-0.1, -0.05) is 0 Å². The van der Waals surface area contributed by atoms with Crippen molar-refractivity contribution < 1.29 is 19.1 Å². The van der Waals surface area contributed by atoms with Crippen LogP contribution in [0, 0.1) is 5.92 Å². The largest absolute Gasteiger partial charge is 0.481 e. The number of hydrogen-bond acceptors (Lipinski definition) is 4. The average molecular weight is 291 g/mol. The van der Waals surface area contributed by atoms with Crippen molar-refractivity contribution in [2.24, 2.45) is 5.92 Å². The van der Waals surface area contributed by atoms with Gasteiger partial charge in [0.1, 0.15) is 6.26 Å². The quantitative estimate of drug-likeness (QED) is 0.911. The van der Waals surface area contributed by atoms with Crippen LogP contribution in [0.5, 0.6) is 0 Å². The summed E-state index contributed by atoms with van der Waals surface area (Å²) in [5.74, 6) is -0.748. The molecular formula is C15H17NO5. The van der Waals surface area contributed by atoms with Gasteiger partial charge in [-0.05, 0) is 37.7 Å². The summed E-state index contributed by atoms with van der Waals surface area (Å²) >= 11 is 0. The molecule has 2 unspecified atom stereocenters. The molecule has 0 spiro atoms. The monoisotopic (exact) mass is 291 g/mol. The summed E-state index contributed by atoms with van der Waals surface area (Å²) in [5.41, 5.74) is -0.0992. The van der Waals surface area contributed by atoms with E-state index in [0.717, 1.165) is 25.7 Å². The number of carbonyl (C=O) groups is 2. The molecule has 1 aromatic heterocycles. The molecule has 0 aromatic carbocycles. The van der Waals surface area contributed by atoms with Crippen molar-refractivity contribution in [3.05, 3.63) is 34.4 Å². The first kappa shape index (κ1) is 13.9. The van der Waals surface area contributed by atoms with Crippen LogP contribution in [-0.4, -0.2) is 34.0 Å². The van der Waals surface area contributed by atoms with Crippen LogP contribution in [0.15, 0.2) is 27.6 Å². The molecule has 2 bridgehead atoms. The predicted octanol–water partition coefficient (Wildman–Crippen LogP) is 1.50. The fraction of sp³-hybridized carbons (Fsp3) is 0.533. The van der Waals surface area contributed by atoms with Crippen LogP contribution in [0.1, 0.15) is 42.5 Å². The standard InChI is InChI=1S/C15H17NO5/c17-13(18)7-9-5-11-2-3-12(6-9)16(11)15(20)10-1-4-14(19)21-8-10/h1,4,8-9,11-12H,2-3,5-7H2,(H,17,18). The van der Waals surface area contributed by atoms with Crippen LogP contribution in [0.2, 0.25) is 0 Å². The van der Waals surface area contributed by atoms with E-state index in [9.17, 15) is 14.4 Å². The number of piperidine rings is 1. The molecule has 2 saturated heterocycles. The second-order valence-electron chi connectivity index (χ2n) is 5.88. The Balaban J connectivity index is 1.75. The number of rotatable bonds is 3. The second kappa shape index (κ2) is 5.35. The normalized spacial score (nSPS) is 27.6. The minimum absolute atomic E-state index is 0.104. The molecule has 1 N–H and O–H groups in total. The SMILES string of the molecule is O=C(O)CC1CC2CCC(C1)N2C(=O)c1ccc(=O)oc1. The zero-order valence-electron chi connectivity index (χ0n) is 11.5. The summed E-state index contributed by atoms with van der Waals surface area (Å²) in [6, 6.07) is 2.93. The van der Waals surface area contributed by atoms with E-state index in [1.807, 2.05) is 4.90 Å². The van der Waals surface area contributed by atoms with Crippen molar-refractivity contribution in [1.29, 1.82) is 0 Å². The Morgan fingerprint density at radius 2 is 1.90 bits per heavy atom. The van der Waals surface area contributed by atoms with Gasteiger partial charge >= 0.3 is 11.6 Å². The smallest absolute Gasteiger partial charge is 0.335 e. The maximum absolute atomic E-state index is 12.5. The van der Waals surface area contributed by atoms with Crippen LogP contribution >= 0.6 is 0 Å². The molecule has 2 aliphatic rings. The van der Waals surface area contributed by atoms with Crippen LogP contribution in [0.25, 0.3) is 0 Å². The van der Waals surface area contributed by atoms with Crippen molar-refractivity contribution in [3.63, 3.8) is 0 Å². The van der Waals surface area contributed by atoms with E-state index >= 15 is 0 Å². The van der Waals surface area contributed by atoms with Crippen molar-refractivity contribution in [1.82, 2.24) is 4.90 Å². The van der Waals surface area contributed by atoms with Crippen LogP contribution in [0.4, 0.5) is 0 Å². The van der Waals surface area contributed by atoms with Gasteiger partial charge < -0.3 is 14.4 Å². The maximum Gasteiger partial charge on any atom is 0.335 e. The maximum atomic E-state index is 12.5. The highest BCUT2D eigenvalue weighted by Crippen LogP contribution is 2.40. The minimum Gasteiger partial charge on any atom is -0.481 e. The number of amides is 1. The number of hydrogen-bond donors (Lipinski definition) is 1. The number of carboxylic acids is 1. The molecule has 1 amide bonds. The van der Waals surface area contributed by atoms with Gasteiger partial charge in [0.05, 0.1) is 5.56 Å². The first-order chi connectivity index (χ1) is 10.0. The first-order valence-corrected chi connectivity index (χ1v) is 7.18. The van der Waals surface area contributed by atoms with Gasteiger partial charge in [0.25, 0.3) is 5.91 Å². The van der Waals surface area contributed by atoms with E-state index in [1.165, 1.54) is 18.4 Å². The third kappa shape index (κ3) is 2.70. The van der Waals surface area contributed by atoms with Crippen LogP contribution < -0.4 is 5.63 Å². The Kier molecular flexibility index (Phi) is 3.53. The Morgan fingerprint density at radius 3 is 2.43 bits per heavy atom. The lowest BCUT2D eigenvalue weighted by molar-refractivity contribution is -0.138. The minimum atomic E-state index is -0.774. The fourth-order valence-corrected chi connectivity index (χ4v) is 3.66. The Bertz CT molecular complexity index is 588. The molecule has 2 fully saturated rings. The second-order valence-corrected chi connectivity index (χ2v) is 5.88. The highest BCUT2D eigenvalue weighted by Gasteiger charge is 2.43. The number of carboxylic acid groups (broad SMARTS) is 1. The van der Waals surface area contributed by atoms with E-state index in [1.54, 1.807) is 0 Å².